The van der Waals surface area contributed by atoms with Gasteiger partial charge < -0.3 is 9.47 Å². The first kappa shape index (κ1) is 22.4. The van der Waals surface area contributed by atoms with Gasteiger partial charge in [0.2, 0.25) is 0 Å². The average molecular weight is 449 g/mol. The number of hydrogen-bond acceptors (Lipinski definition) is 4. The van der Waals surface area contributed by atoms with Crippen molar-refractivity contribution in [2.45, 2.75) is 97.5 Å². The molecule has 4 heteroatoms. The maximum Gasteiger partial charge on any atom is 0.343 e. The summed E-state index contributed by atoms with van der Waals surface area (Å²) in [6.07, 6.45) is 11.7. The molecule has 1 aromatic carbocycles. The van der Waals surface area contributed by atoms with Crippen molar-refractivity contribution in [3.05, 3.63) is 51.8 Å². The van der Waals surface area contributed by atoms with Gasteiger partial charge in [0, 0.05) is 0 Å². The number of fused-ring (bicyclic) bond motifs is 2. The molecule has 2 atom stereocenters. The molecule has 5 rings (SSSR count). The van der Waals surface area contributed by atoms with E-state index in [2.05, 4.69) is 32.1 Å². The number of carbonyl (C=O) groups is 2. The highest BCUT2D eigenvalue weighted by Gasteiger charge is 2.53. The predicted octanol–water partition coefficient (Wildman–Crippen LogP) is 6.65. The van der Waals surface area contributed by atoms with E-state index in [0.717, 1.165) is 80.0 Å². The van der Waals surface area contributed by atoms with E-state index in [0.29, 0.717) is 23.7 Å². The Balaban J connectivity index is 1.51. The SMILES string of the molecule is Cc1cc(C)c(C2=C(OC(=O)CC34CCCC(=CC(C)C3)C4)C3(CCCC3)OC2=O)c(C)c1. The Kier molecular flexibility index (Phi) is 5.54. The second kappa shape index (κ2) is 8.14. The Morgan fingerprint density at radius 3 is 2.48 bits per heavy atom. The molecule has 0 aromatic heterocycles. The molecule has 1 heterocycles. The number of hydrogen-bond donors (Lipinski definition) is 0. The third-order valence-electron chi connectivity index (χ3n) is 8.29. The average Bonchev–Trinajstić information content (AvgIpc) is 3.26. The van der Waals surface area contributed by atoms with Gasteiger partial charge in [-0.05, 0) is 107 Å². The Morgan fingerprint density at radius 1 is 1.09 bits per heavy atom. The fourth-order valence-electron chi connectivity index (χ4n) is 7.29. The minimum atomic E-state index is -0.777. The van der Waals surface area contributed by atoms with E-state index in [1.807, 2.05) is 13.8 Å². The lowest BCUT2D eigenvalue weighted by Crippen LogP contribution is -2.35. The third-order valence-corrected chi connectivity index (χ3v) is 8.29. The van der Waals surface area contributed by atoms with Crippen molar-refractivity contribution >= 4 is 17.5 Å². The van der Waals surface area contributed by atoms with Crippen LogP contribution < -0.4 is 0 Å². The lowest BCUT2D eigenvalue weighted by molar-refractivity contribution is -0.154. The summed E-state index contributed by atoms with van der Waals surface area (Å²) in [5.41, 5.74) is 5.26. The number of esters is 2. The van der Waals surface area contributed by atoms with Crippen molar-refractivity contribution in [3.63, 3.8) is 0 Å². The third kappa shape index (κ3) is 3.96. The molecule has 0 N–H and O–H groups in total. The highest BCUT2D eigenvalue weighted by atomic mass is 16.6. The molecule has 4 aliphatic rings. The second-order valence-corrected chi connectivity index (χ2v) is 11.3. The zero-order valence-corrected chi connectivity index (χ0v) is 20.5. The van der Waals surface area contributed by atoms with E-state index in [1.165, 1.54) is 5.57 Å². The largest absolute Gasteiger partial charge is 0.447 e. The Bertz CT molecular complexity index is 1050. The van der Waals surface area contributed by atoms with Crippen LogP contribution in [-0.2, 0) is 19.1 Å². The summed E-state index contributed by atoms with van der Waals surface area (Å²) < 4.78 is 12.2. The van der Waals surface area contributed by atoms with E-state index in [4.69, 9.17) is 9.47 Å². The van der Waals surface area contributed by atoms with Gasteiger partial charge in [0.15, 0.2) is 11.4 Å². The molecular formula is C29H36O4. The molecular weight excluding hydrogens is 412 g/mol. The normalized spacial score (nSPS) is 28.2. The van der Waals surface area contributed by atoms with Crippen molar-refractivity contribution in [2.24, 2.45) is 11.3 Å². The van der Waals surface area contributed by atoms with Crippen LogP contribution in [0.2, 0.25) is 0 Å². The molecule has 33 heavy (non-hydrogen) atoms. The molecule has 2 saturated carbocycles. The monoisotopic (exact) mass is 448 g/mol. The van der Waals surface area contributed by atoms with E-state index < -0.39 is 5.60 Å². The van der Waals surface area contributed by atoms with Gasteiger partial charge in [0.25, 0.3) is 0 Å². The van der Waals surface area contributed by atoms with E-state index in [1.54, 1.807) is 0 Å². The summed E-state index contributed by atoms with van der Waals surface area (Å²) in [4.78, 5) is 26.7. The van der Waals surface area contributed by atoms with E-state index >= 15 is 0 Å². The standard InChI is InChI=1S/C29H36O4/c1-18-12-20(3)24(21(4)13-18)25-26(29(33-27(25)31)10-5-6-11-29)32-23(30)17-28-9-7-8-22(16-28)14-19(2)15-28/h12-14,19H,5-11,15-17H2,1-4H3. The van der Waals surface area contributed by atoms with E-state index in [9.17, 15) is 9.59 Å². The van der Waals surface area contributed by atoms with Crippen LogP contribution in [0.25, 0.3) is 5.57 Å². The zero-order valence-electron chi connectivity index (χ0n) is 20.5. The van der Waals surface area contributed by atoms with Gasteiger partial charge >= 0.3 is 11.9 Å². The minimum absolute atomic E-state index is 0.00155. The summed E-state index contributed by atoms with van der Waals surface area (Å²) in [6.45, 7) is 8.35. The molecule has 0 saturated heterocycles. The maximum atomic E-state index is 13.5. The second-order valence-electron chi connectivity index (χ2n) is 11.3. The first-order chi connectivity index (χ1) is 15.7. The van der Waals surface area contributed by atoms with Crippen LogP contribution in [0.4, 0.5) is 0 Å². The molecule has 1 aromatic rings. The van der Waals surface area contributed by atoms with Gasteiger partial charge in [0.1, 0.15) is 5.57 Å². The fraction of sp³-hybridized carbons (Fsp3) is 0.586. The summed E-state index contributed by atoms with van der Waals surface area (Å²) in [6, 6.07) is 4.17. The lowest BCUT2D eigenvalue weighted by atomic mass is 9.62. The topological polar surface area (TPSA) is 52.6 Å². The minimum Gasteiger partial charge on any atom is -0.447 e. The molecule has 0 radical (unpaired) electrons. The van der Waals surface area contributed by atoms with Crippen molar-refractivity contribution in [1.29, 1.82) is 0 Å². The Hall–Kier alpha value is -2.36. The number of aryl methyl sites for hydroxylation is 3. The highest BCUT2D eigenvalue weighted by Crippen LogP contribution is 2.52. The summed E-state index contributed by atoms with van der Waals surface area (Å²) in [5.74, 6) is 0.441. The van der Waals surface area contributed by atoms with Gasteiger partial charge in [-0.2, -0.15) is 0 Å². The Morgan fingerprint density at radius 2 is 1.79 bits per heavy atom. The smallest absolute Gasteiger partial charge is 0.343 e. The number of rotatable bonds is 4. The first-order valence-corrected chi connectivity index (χ1v) is 12.7. The van der Waals surface area contributed by atoms with Gasteiger partial charge in [-0.25, -0.2) is 4.79 Å². The maximum absolute atomic E-state index is 13.5. The number of ether oxygens (including phenoxy) is 2. The number of carbonyl (C=O) groups excluding carboxylic acids is 2. The summed E-state index contributed by atoms with van der Waals surface area (Å²) >= 11 is 0. The van der Waals surface area contributed by atoms with Crippen LogP contribution in [0, 0.1) is 32.1 Å². The first-order valence-electron chi connectivity index (χ1n) is 12.7. The molecule has 176 valence electrons. The summed E-state index contributed by atoms with van der Waals surface area (Å²) in [5, 5.41) is 0. The van der Waals surface area contributed by atoms with Gasteiger partial charge in [0.05, 0.1) is 6.42 Å². The predicted molar refractivity (Wildman–Crippen MR) is 128 cm³/mol. The van der Waals surface area contributed by atoms with Crippen molar-refractivity contribution < 1.29 is 19.1 Å². The van der Waals surface area contributed by atoms with Gasteiger partial charge in [-0.3, -0.25) is 4.79 Å². The van der Waals surface area contributed by atoms with Gasteiger partial charge in [-0.15, -0.1) is 0 Å². The zero-order chi connectivity index (χ0) is 23.4. The van der Waals surface area contributed by atoms with Crippen LogP contribution >= 0.6 is 0 Å². The van der Waals surface area contributed by atoms with Crippen LogP contribution in [0.3, 0.4) is 0 Å². The van der Waals surface area contributed by atoms with Crippen molar-refractivity contribution in [1.82, 2.24) is 0 Å². The van der Waals surface area contributed by atoms with Crippen LogP contribution in [0.1, 0.15) is 93.4 Å². The van der Waals surface area contributed by atoms with Crippen LogP contribution in [0.5, 0.6) is 0 Å². The molecule has 0 amide bonds. The molecule has 2 bridgehead atoms. The molecule has 3 aliphatic carbocycles. The lowest BCUT2D eigenvalue weighted by Gasteiger charge is -2.43. The van der Waals surface area contributed by atoms with Crippen molar-refractivity contribution in [3.8, 4) is 0 Å². The molecule has 4 nitrogen and oxygen atoms in total. The Labute approximate surface area is 197 Å². The number of benzene rings is 1. The summed E-state index contributed by atoms with van der Waals surface area (Å²) in [7, 11) is 0. The van der Waals surface area contributed by atoms with Crippen molar-refractivity contribution in [2.75, 3.05) is 0 Å². The number of allylic oxidation sites excluding steroid dienone is 2. The van der Waals surface area contributed by atoms with Gasteiger partial charge in [-0.1, -0.05) is 36.3 Å². The molecule has 1 aliphatic heterocycles. The van der Waals surface area contributed by atoms with E-state index in [-0.39, 0.29) is 17.4 Å². The molecule has 1 spiro atoms. The van der Waals surface area contributed by atoms with Crippen LogP contribution in [0.15, 0.2) is 29.5 Å². The molecule has 2 fully saturated rings. The quantitative estimate of drug-likeness (QED) is 0.382. The molecule has 2 unspecified atom stereocenters. The fourth-order valence-corrected chi connectivity index (χ4v) is 7.29. The highest BCUT2D eigenvalue weighted by molar-refractivity contribution is 6.20. The van der Waals surface area contributed by atoms with Crippen LogP contribution in [-0.4, -0.2) is 17.5 Å².